The average Bonchev–Trinajstić information content (AvgIpc) is 2.10. The molecule has 0 fully saturated rings. The third-order valence-corrected chi connectivity index (χ3v) is 3.43. The van der Waals surface area contributed by atoms with Gasteiger partial charge in [0, 0.05) is 5.02 Å². The summed E-state index contributed by atoms with van der Waals surface area (Å²) in [5.41, 5.74) is 0. The molecule has 0 saturated carbocycles. The minimum absolute atomic E-state index is 0.565. The first-order valence-corrected chi connectivity index (χ1v) is 6.49. The van der Waals surface area contributed by atoms with Crippen molar-refractivity contribution in [1.29, 1.82) is 0 Å². The van der Waals surface area contributed by atoms with Crippen LogP contribution < -0.4 is 4.74 Å². The molecule has 0 aromatic heterocycles. The summed E-state index contributed by atoms with van der Waals surface area (Å²) in [4.78, 5) is 10.6. The highest BCUT2D eigenvalue weighted by Crippen LogP contribution is 2.31. The average molecular weight is 452 g/mol. The summed E-state index contributed by atoms with van der Waals surface area (Å²) in [6.45, 7) is 1.49. The lowest BCUT2D eigenvalue weighted by Crippen LogP contribution is -2.23. The zero-order valence-corrected chi connectivity index (χ0v) is 12.7. The van der Waals surface area contributed by atoms with Gasteiger partial charge >= 0.3 is 5.97 Å². The largest absolute Gasteiger partial charge is 0.479 e. The van der Waals surface area contributed by atoms with Crippen molar-refractivity contribution >= 4 is 62.8 Å². The molecule has 0 radical (unpaired) electrons. The second-order valence-corrected chi connectivity index (χ2v) is 5.56. The highest BCUT2D eigenvalue weighted by molar-refractivity contribution is 14.1. The Balaban J connectivity index is 3.00. The molecule has 0 bridgehead atoms. The van der Waals surface area contributed by atoms with Gasteiger partial charge in [-0.3, -0.25) is 0 Å². The number of carboxylic acids is 1. The normalized spacial score (nSPS) is 12.3. The lowest BCUT2D eigenvalue weighted by atomic mass is 10.3. The Morgan fingerprint density at radius 3 is 2.33 bits per heavy atom. The first kappa shape index (κ1) is 13.3. The molecular weight excluding hydrogens is 445 g/mol. The summed E-state index contributed by atoms with van der Waals surface area (Å²) in [6.07, 6.45) is -0.867. The van der Waals surface area contributed by atoms with E-state index in [2.05, 4.69) is 45.2 Å². The van der Waals surface area contributed by atoms with Crippen LogP contribution in [0.25, 0.3) is 0 Å². The second-order valence-electron chi connectivity index (χ2n) is 2.80. The minimum Gasteiger partial charge on any atom is -0.479 e. The van der Waals surface area contributed by atoms with Crippen molar-refractivity contribution in [3.8, 4) is 5.75 Å². The number of hydrogen-bond donors (Lipinski definition) is 1. The van der Waals surface area contributed by atoms with Crippen LogP contribution in [0, 0.1) is 7.14 Å². The lowest BCUT2D eigenvalue weighted by molar-refractivity contribution is -0.144. The van der Waals surface area contributed by atoms with Crippen molar-refractivity contribution in [2.45, 2.75) is 13.0 Å². The van der Waals surface area contributed by atoms with Crippen LogP contribution in [0.4, 0.5) is 0 Å². The summed E-state index contributed by atoms with van der Waals surface area (Å²) in [5, 5.41) is 9.33. The van der Waals surface area contributed by atoms with Crippen LogP contribution in [-0.2, 0) is 4.79 Å². The van der Waals surface area contributed by atoms with Gasteiger partial charge in [0.25, 0.3) is 0 Å². The van der Waals surface area contributed by atoms with Crippen molar-refractivity contribution in [2.75, 3.05) is 0 Å². The number of rotatable bonds is 3. The Bertz CT molecular complexity index is 372. The van der Waals surface area contributed by atoms with Crippen molar-refractivity contribution in [2.24, 2.45) is 0 Å². The Kier molecular flexibility index (Phi) is 4.91. The lowest BCUT2D eigenvalue weighted by Gasteiger charge is -2.13. The van der Waals surface area contributed by atoms with Gasteiger partial charge in [0.15, 0.2) is 6.10 Å². The van der Waals surface area contributed by atoms with Gasteiger partial charge < -0.3 is 9.84 Å². The number of halogens is 3. The molecule has 1 rings (SSSR count). The molecule has 0 heterocycles. The van der Waals surface area contributed by atoms with E-state index < -0.39 is 12.1 Å². The number of benzene rings is 1. The monoisotopic (exact) mass is 452 g/mol. The summed E-state index contributed by atoms with van der Waals surface area (Å²) < 4.78 is 6.93. The molecule has 1 atom stereocenters. The first-order valence-electron chi connectivity index (χ1n) is 3.96. The van der Waals surface area contributed by atoms with E-state index >= 15 is 0 Å². The molecular formula is C9H7ClI2O3. The predicted molar refractivity (Wildman–Crippen MR) is 74.6 cm³/mol. The first-order chi connectivity index (χ1) is 6.91. The van der Waals surface area contributed by atoms with Gasteiger partial charge in [-0.1, -0.05) is 11.6 Å². The third-order valence-electron chi connectivity index (χ3n) is 1.61. The number of hydrogen-bond acceptors (Lipinski definition) is 2. The fourth-order valence-electron chi connectivity index (χ4n) is 0.869. The quantitative estimate of drug-likeness (QED) is 0.716. The van der Waals surface area contributed by atoms with Crippen LogP contribution >= 0.6 is 56.8 Å². The molecule has 0 spiro atoms. The van der Waals surface area contributed by atoms with Crippen molar-refractivity contribution in [1.82, 2.24) is 0 Å². The van der Waals surface area contributed by atoms with Gasteiger partial charge in [-0.15, -0.1) is 0 Å². The molecule has 0 aliphatic carbocycles. The molecule has 0 aliphatic rings. The molecule has 1 N–H and O–H groups in total. The molecule has 0 amide bonds. The molecule has 0 saturated heterocycles. The van der Waals surface area contributed by atoms with Gasteiger partial charge in [-0.25, -0.2) is 4.79 Å². The van der Waals surface area contributed by atoms with Crippen LogP contribution in [0.1, 0.15) is 6.92 Å². The molecule has 82 valence electrons. The molecule has 1 aromatic carbocycles. The second kappa shape index (κ2) is 5.53. The summed E-state index contributed by atoms with van der Waals surface area (Å²) in [6, 6.07) is 3.46. The molecule has 6 heteroatoms. The van der Waals surface area contributed by atoms with E-state index in [0.717, 1.165) is 7.14 Å². The SMILES string of the molecule is C[C@@H](Oc1c(I)cc(Cl)cc1I)C(=O)O. The summed E-state index contributed by atoms with van der Waals surface area (Å²) >= 11 is 9.96. The van der Waals surface area contributed by atoms with Crippen LogP contribution in [0.2, 0.25) is 5.02 Å². The van der Waals surface area contributed by atoms with E-state index in [0.29, 0.717) is 10.8 Å². The van der Waals surface area contributed by atoms with E-state index in [-0.39, 0.29) is 0 Å². The van der Waals surface area contributed by atoms with E-state index in [1.807, 2.05) is 0 Å². The van der Waals surface area contributed by atoms with Gasteiger partial charge in [-0.2, -0.15) is 0 Å². The third kappa shape index (κ3) is 3.63. The van der Waals surface area contributed by atoms with Crippen LogP contribution in [0.15, 0.2) is 12.1 Å². The van der Waals surface area contributed by atoms with Gasteiger partial charge in [0.2, 0.25) is 0 Å². The van der Waals surface area contributed by atoms with Crippen LogP contribution in [-0.4, -0.2) is 17.2 Å². The molecule has 1 aromatic rings. The smallest absolute Gasteiger partial charge is 0.344 e. The number of carbonyl (C=O) groups is 1. The molecule has 0 unspecified atom stereocenters. The summed E-state index contributed by atoms with van der Waals surface area (Å²) in [7, 11) is 0. The van der Waals surface area contributed by atoms with Crippen molar-refractivity contribution < 1.29 is 14.6 Å². The van der Waals surface area contributed by atoms with E-state index in [1.165, 1.54) is 6.92 Å². The van der Waals surface area contributed by atoms with E-state index in [4.69, 9.17) is 21.4 Å². The Morgan fingerprint density at radius 2 is 1.93 bits per heavy atom. The van der Waals surface area contributed by atoms with Crippen molar-refractivity contribution in [3.05, 3.63) is 24.3 Å². The zero-order chi connectivity index (χ0) is 11.6. The fraction of sp³-hybridized carbons (Fsp3) is 0.222. The topological polar surface area (TPSA) is 46.5 Å². The Hall–Kier alpha value is 0.240. The van der Waals surface area contributed by atoms with Crippen LogP contribution in [0.3, 0.4) is 0 Å². The number of ether oxygens (including phenoxy) is 1. The predicted octanol–water partition coefficient (Wildman–Crippen LogP) is 3.40. The van der Waals surface area contributed by atoms with E-state index in [1.54, 1.807) is 12.1 Å². The Morgan fingerprint density at radius 1 is 1.47 bits per heavy atom. The molecule has 3 nitrogen and oxygen atoms in total. The van der Waals surface area contributed by atoms with Gasteiger partial charge in [0.1, 0.15) is 5.75 Å². The molecule has 0 aliphatic heterocycles. The fourth-order valence-corrected chi connectivity index (χ4v) is 3.48. The highest BCUT2D eigenvalue weighted by atomic mass is 127. The standard InChI is InChI=1S/C9H7ClI2O3/c1-4(9(13)14)15-8-6(11)2-5(10)3-7(8)12/h2-4H,1H3,(H,13,14)/t4-/m1/s1. The van der Waals surface area contributed by atoms with Gasteiger partial charge in [0.05, 0.1) is 7.14 Å². The number of carboxylic acid groups (broad SMARTS) is 1. The maximum atomic E-state index is 10.6. The van der Waals surface area contributed by atoms with Crippen LogP contribution in [0.5, 0.6) is 5.75 Å². The Labute approximate surface area is 119 Å². The van der Waals surface area contributed by atoms with Gasteiger partial charge in [-0.05, 0) is 64.2 Å². The van der Waals surface area contributed by atoms with E-state index in [9.17, 15) is 4.79 Å². The minimum atomic E-state index is -0.989. The maximum Gasteiger partial charge on any atom is 0.344 e. The number of aliphatic carboxylic acids is 1. The maximum absolute atomic E-state index is 10.6. The van der Waals surface area contributed by atoms with Crippen molar-refractivity contribution in [3.63, 3.8) is 0 Å². The molecule has 15 heavy (non-hydrogen) atoms. The highest BCUT2D eigenvalue weighted by Gasteiger charge is 2.16. The zero-order valence-electron chi connectivity index (χ0n) is 7.63. The summed E-state index contributed by atoms with van der Waals surface area (Å²) in [5.74, 6) is -0.424.